The lowest BCUT2D eigenvalue weighted by Gasteiger charge is -2.11. The molecule has 0 atom stereocenters. The van der Waals surface area contributed by atoms with Crippen molar-refractivity contribution in [3.8, 4) is 11.5 Å². The molecule has 0 heterocycles. The minimum Gasteiger partial charge on any atom is -0.497 e. The molecule has 0 amide bonds. The zero-order valence-electron chi connectivity index (χ0n) is 11.4. The van der Waals surface area contributed by atoms with E-state index in [9.17, 15) is 4.79 Å². The van der Waals surface area contributed by atoms with Crippen LogP contribution in [0.2, 0.25) is 0 Å². The van der Waals surface area contributed by atoms with Gasteiger partial charge in [-0.2, -0.15) is 5.10 Å². The van der Waals surface area contributed by atoms with Gasteiger partial charge in [-0.1, -0.05) is 0 Å². The van der Waals surface area contributed by atoms with Crippen molar-refractivity contribution in [2.24, 2.45) is 21.7 Å². The molecule has 8 nitrogen and oxygen atoms in total. The Morgan fingerprint density at radius 1 is 1.20 bits per heavy atom. The highest BCUT2D eigenvalue weighted by Gasteiger charge is 2.17. The highest BCUT2D eigenvalue weighted by molar-refractivity contribution is 6.01. The van der Waals surface area contributed by atoms with Crippen molar-refractivity contribution in [1.29, 1.82) is 0 Å². The zero-order chi connectivity index (χ0) is 15.1. The fourth-order valence-electron chi connectivity index (χ4n) is 1.45. The van der Waals surface area contributed by atoms with Gasteiger partial charge in [0.2, 0.25) is 5.96 Å². The van der Waals surface area contributed by atoms with Gasteiger partial charge >= 0.3 is 5.97 Å². The van der Waals surface area contributed by atoms with Crippen molar-refractivity contribution in [1.82, 2.24) is 0 Å². The number of ether oxygens (including phenoxy) is 3. The van der Waals surface area contributed by atoms with Gasteiger partial charge in [0.15, 0.2) is 0 Å². The second-order valence-corrected chi connectivity index (χ2v) is 3.55. The molecule has 8 heteroatoms. The Balaban J connectivity index is 3.40. The normalized spacial score (nSPS) is 10.2. The van der Waals surface area contributed by atoms with E-state index in [2.05, 4.69) is 10.2 Å². The van der Waals surface area contributed by atoms with Gasteiger partial charge in [-0.25, -0.2) is 4.79 Å². The minimum atomic E-state index is -0.562. The summed E-state index contributed by atoms with van der Waals surface area (Å²) in [6, 6.07) is 3.11. The van der Waals surface area contributed by atoms with Gasteiger partial charge in [0, 0.05) is 6.07 Å². The maximum atomic E-state index is 11.8. The van der Waals surface area contributed by atoms with Gasteiger partial charge in [0.1, 0.15) is 11.5 Å². The zero-order valence-corrected chi connectivity index (χ0v) is 11.4. The van der Waals surface area contributed by atoms with Crippen LogP contribution in [0, 0.1) is 0 Å². The Labute approximate surface area is 116 Å². The third-order valence-corrected chi connectivity index (χ3v) is 2.34. The van der Waals surface area contributed by atoms with E-state index >= 15 is 0 Å². The molecule has 0 unspecified atom stereocenters. The second kappa shape index (κ2) is 6.98. The van der Waals surface area contributed by atoms with Gasteiger partial charge in [0.25, 0.3) is 0 Å². The molecule has 0 spiro atoms. The van der Waals surface area contributed by atoms with Gasteiger partial charge < -0.3 is 25.7 Å². The monoisotopic (exact) mass is 280 g/mol. The lowest BCUT2D eigenvalue weighted by atomic mass is 10.1. The van der Waals surface area contributed by atoms with E-state index in [0.29, 0.717) is 17.1 Å². The molecular weight excluding hydrogens is 264 g/mol. The Bertz CT molecular complexity index is 551. The van der Waals surface area contributed by atoms with Crippen LogP contribution in [0.5, 0.6) is 11.5 Å². The number of rotatable bonds is 5. The first-order valence-corrected chi connectivity index (χ1v) is 5.49. The van der Waals surface area contributed by atoms with Crippen molar-refractivity contribution < 1.29 is 19.0 Å². The average molecular weight is 280 g/mol. The average Bonchev–Trinajstić information content (AvgIpc) is 2.45. The van der Waals surface area contributed by atoms with Crippen LogP contribution in [0.15, 0.2) is 22.3 Å². The van der Waals surface area contributed by atoms with E-state index in [1.807, 2.05) is 0 Å². The molecule has 1 aromatic rings. The second-order valence-electron chi connectivity index (χ2n) is 3.55. The van der Waals surface area contributed by atoms with Crippen molar-refractivity contribution in [2.45, 2.75) is 0 Å². The smallest absolute Gasteiger partial charge is 0.338 e. The van der Waals surface area contributed by atoms with E-state index in [1.54, 1.807) is 6.07 Å². The molecule has 0 saturated carbocycles. The van der Waals surface area contributed by atoms with Crippen molar-refractivity contribution in [3.05, 3.63) is 23.3 Å². The number of esters is 1. The quantitative estimate of drug-likeness (QED) is 0.341. The summed E-state index contributed by atoms with van der Waals surface area (Å²) in [4.78, 5) is 11.8. The molecule has 1 aromatic carbocycles. The number of guanidine groups is 1. The van der Waals surface area contributed by atoms with Crippen molar-refractivity contribution in [3.63, 3.8) is 0 Å². The molecule has 0 bridgehead atoms. The first-order chi connectivity index (χ1) is 9.53. The first kappa shape index (κ1) is 15.3. The van der Waals surface area contributed by atoms with E-state index in [-0.39, 0.29) is 11.5 Å². The van der Waals surface area contributed by atoms with Gasteiger partial charge in [-0.15, -0.1) is 5.10 Å². The number of carbonyl (C=O) groups is 1. The summed E-state index contributed by atoms with van der Waals surface area (Å²) >= 11 is 0. The molecule has 0 radical (unpaired) electrons. The molecule has 0 aliphatic rings. The van der Waals surface area contributed by atoms with Crippen LogP contribution in [0.25, 0.3) is 0 Å². The molecule has 108 valence electrons. The lowest BCUT2D eigenvalue weighted by Crippen LogP contribution is -2.21. The van der Waals surface area contributed by atoms with Crippen molar-refractivity contribution in [2.75, 3.05) is 21.3 Å². The van der Waals surface area contributed by atoms with Crippen molar-refractivity contribution >= 4 is 18.1 Å². The van der Waals surface area contributed by atoms with Crippen LogP contribution in [0.3, 0.4) is 0 Å². The fourth-order valence-corrected chi connectivity index (χ4v) is 1.45. The summed E-state index contributed by atoms with van der Waals surface area (Å²) in [6.45, 7) is 0. The topological polar surface area (TPSA) is 122 Å². The van der Waals surface area contributed by atoms with Crippen LogP contribution in [-0.4, -0.2) is 39.5 Å². The van der Waals surface area contributed by atoms with Crippen LogP contribution < -0.4 is 20.9 Å². The molecular formula is C12H16N4O4. The van der Waals surface area contributed by atoms with Gasteiger partial charge in [0.05, 0.1) is 38.7 Å². The maximum Gasteiger partial charge on any atom is 0.338 e. The summed E-state index contributed by atoms with van der Waals surface area (Å²) in [5.74, 6) is 0.0576. The number of benzene rings is 1. The highest BCUT2D eigenvalue weighted by atomic mass is 16.5. The number of nitrogens with zero attached hydrogens (tertiary/aromatic N) is 2. The number of hydrogen-bond donors (Lipinski definition) is 2. The predicted molar refractivity (Wildman–Crippen MR) is 74.3 cm³/mol. The summed E-state index contributed by atoms with van der Waals surface area (Å²) in [6.07, 6.45) is 1.30. The minimum absolute atomic E-state index is 0.201. The number of carbonyl (C=O) groups excluding carboxylic acids is 1. The fraction of sp³-hybridized carbons (Fsp3) is 0.250. The summed E-state index contributed by atoms with van der Waals surface area (Å²) in [7, 11) is 4.20. The molecule has 0 aliphatic carbocycles. The van der Waals surface area contributed by atoms with Crippen LogP contribution in [-0.2, 0) is 4.74 Å². The first-order valence-electron chi connectivity index (χ1n) is 5.49. The largest absolute Gasteiger partial charge is 0.497 e. The molecule has 0 aliphatic heterocycles. The Morgan fingerprint density at radius 2 is 1.90 bits per heavy atom. The summed E-state index contributed by atoms with van der Waals surface area (Å²) in [5, 5.41) is 7.13. The molecule has 1 rings (SSSR count). The molecule has 4 N–H and O–H groups in total. The summed E-state index contributed by atoms with van der Waals surface area (Å²) < 4.78 is 15.0. The predicted octanol–water partition coefficient (Wildman–Crippen LogP) is 0.0977. The van der Waals surface area contributed by atoms with E-state index in [1.165, 1.54) is 33.6 Å². The third-order valence-electron chi connectivity index (χ3n) is 2.34. The van der Waals surface area contributed by atoms with E-state index < -0.39 is 5.97 Å². The molecule has 0 fully saturated rings. The van der Waals surface area contributed by atoms with Crippen LogP contribution >= 0.6 is 0 Å². The maximum absolute atomic E-state index is 11.8. The van der Waals surface area contributed by atoms with E-state index in [4.69, 9.17) is 25.7 Å². The van der Waals surface area contributed by atoms with Gasteiger partial charge in [-0.05, 0) is 6.07 Å². The number of hydrogen-bond acceptors (Lipinski definition) is 6. The SMILES string of the molecule is COC(=O)c1cc(OC)cc(OC)c1C=NN=C(N)N. The molecule has 0 saturated heterocycles. The molecule has 20 heavy (non-hydrogen) atoms. The van der Waals surface area contributed by atoms with Crippen LogP contribution in [0.4, 0.5) is 0 Å². The Morgan fingerprint density at radius 3 is 2.40 bits per heavy atom. The van der Waals surface area contributed by atoms with Gasteiger partial charge in [-0.3, -0.25) is 0 Å². The number of methoxy groups -OCH3 is 3. The van der Waals surface area contributed by atoms with Crippen LogP contribution in [0.1, 0.15) is 15.9 Å². The Hall–Kier alpha value is -2.77. The Kier molecular flexibility index (Phi) is 5.33. The summed E-state index contributed by atoms with van der Waals surface area (Å²) in [5.41, 5.74) is 10.9. The standard InChI is InChI=1S/C12H16N4O4/c1-18-7-4-8(11(17)20-3)9(10(5-7)19-2)6-15-16-12(13)14/h4-6H,1-3H3,(H4,13,14,16). The number of nitrogens with two attached hydrogens (primary N) is 2. The lowest BCUT2D eigenvalue weighted by molar-refractivity contribution is 0.0599. The van der Waals surface area contributed by atoms with E-state index in [0.717, 1.165) is 0 Å². The highest BCUT2D eigenvalue weighted by Crippen LogP contribution is 2.28. The molecule has 0 aromatic heterocycles. The third kappa shape index (κ3) is 3.61.